The Balaban J connectivity index is 1.78. The lowest BCUT2D eigenvalue weighted by Gasteiger charge is -2.31. The zero-order valence-corrected chi connectivity index (χ0v) is 16.4. The molecular formula is C23H32O3. The van der Waals surface area contributed by atoms with Crippen LogP contribution in [0.4, 0.5) is 0 Å². The Labute approximate surface area is 157 Å². The monoisotopic (exact) mass is 356 g/mol. The van der Waals surface area contributed by atoms with Gasteiger partial charge < -0.3 is 9.84 Å². The molecule has 3 atom stereocenters. The maximum Gasteiger partial charge on any atom is 0.159 e. The molecule has 3 rings (SSSR count). The van der Waals surface area contributed by atoms with Gasteiger partial charge in [-0.15, -0.1) is 0 Å². The fraction of sp³-hybridized carbons (Fsp3) is 0.609. The van der Waals surface area contributed by atoms with E-state index in [9.17, 15) is 9.90 Å². The molecule has 3 nitrogen and oxygen atoms in total. The summed E-state index contributed by atoms with van der Waals surface area (Å²) in [6, 6.07) is 6.24. The number of allylic oxidation sites excluding steroid dienone is 2. The quantitative estimate of drug-likeness (QED) is 0.670. The third kappa shape index (κ3) is 3.73. The SMILES string of the molecule is CCCCC[C@H](O)CCC1=C2[C@H](CC1=O)Cc1c(OC)cccc1[C@H]2C. The molecule has 0 bridgehead atoms. The van der Waals surface area contributed by atoms with Gasteiger partial charge in [0.15, 0.2) is 5.78 Å². The molecule has 0 spiro atoms. The number of ether oxygens (including phenoxy) is 1. The van der Waals surface area contributed by atoms with Gasteiger partial charge in [-0.2, -0.15) is 0 Å². The van der Waals surface area contributed by atoms with Gasteiger partial charge in [-0.1, -0.05) is 50.8 Å². The highest BCUT2D eigenvalue weighted by molar-refractivity contribution is 5.99. The fourth-order valence-electron chi connectivity index (χ4n) is 4.84. The summed E-state index contributed by atoms with van der Waals surface area (Å²) in [5.41, 5.74) is 4.90. The van der Waals surface area contributed by atoms with Gasteiger partial charge in [0.25, 0.3) is 0 Å². The number of aliphatic hydroxyl groups is 1. The zero-order valence-electron chi connectivity index (χ0n) is 16.4. The lowest BCUT2D eigenvalue weighted by molar-refractivity contribution is -0.115. The van der Waals surface area contributed by atoms with Gasteiger partial charge in [-0.3, -0.25) is 4.79 Å². The van der Waals surface area contributed by atoms with E-state index in [4.69, 9.17) is 4.74 Å². The Morgan fingerprint density at radius 2 is 2.04 bits per heavy atom. The second-order valence-corrected chi connectivity index (χ2v) is 7.90. The Hall–Kier alpha value is -1.61. The number of hydrogen-bond acceptors (Lipinski definition) is 3. The van der Waals surface area contributed by atoms with E-state index in [2.05, 4.69) is 19.9 Å². The molecule has 1 N–H and O–H groups in total. The average molecular weight is 357 g/mol. The van der Waals surface area contributed by atoms with Gasteiger partial charge in [0.2, 0.25) is 0 Å². The van der Waals surface area contributed by atoms with Crippen molar-refractivity contribution in [3.63, 3.8) is 0 Å². The molecule has 0 amide bonds. The number of methoxy groups -OCH3 is 1. The minimum atomic E-state index is -0.284. The molecule has 0 aromatic heterocycles. The molecule has 1 aromatic carbocycles. The Morgan fingerprint density at radius 1 is 1.23 bits per heavy atom. The molecule has 0 radical (unpaired) electrons. The molecule has 0 fully saturated rings. The van der Waals surface area contributed by atoms with Crippen LogP contribution in [0.1, 0.15) is 75.8 Å². The number of ketones is 1. The number of benzene rings is 1. The first kappa shape index (κ1) is 19.2. The lowest BCUT2D eigenvalue weighted by atomic mass is 9.73. The number of carbonyl (C=O) groups is 1. The Kier molecular flexibility index (Phi) is 6.18. The summed E-state index contributed by atoms with van der Waals surface area (Å²) in [6.07, 6.45) is 6.93. The second-order valence-electron chi connectivity index (χ2n) is 7.90. The van der Waals surface area contributed by atoms with Crippen LogP contribution < -0.4 is 4.74 Å². The molecule has 1 aromatic rings. The smallest absolute Gasteiger partial charge is 0.159 e. The third-order valence-electron chi connectivity index (χ3n) is 6.20. The highest BCUT2D eigenvalue weighted by Crippen LogP contribution is 2.49. The van der Waals surface area contributed by atoms with Crippen LogP contribution in [0.25, 0.3) is 0 Å². The molecular weight excluding hydrogens is 324 g/mol. The average Bonchev–Trinajstić information content (AvgIpc) is 2.95. The predicted octanol–water partition coefficient (Wildman–Crippen LogP) is 4.96. The molecule has 0 saturated heterocycles. The zero-order chi connectivity index (χ0) is 18.7. The summed E-state index contributed by atoms with van der Waals surface area (Å²) in [5, 5.41) is 10.3. The van der Waals surface area contributed by atoms with Crippen LogP contribution in [-0.2, 0) is 11.2 Å². The number of rotatable bonds is 8. The highest BCUT2D eigenvalue weighted by atomic mass is 16.5. The van der Waals surface area contributed by atoms with E-state index in [1.54, 1.807) is 7.11 Å². The molecule has 0 saturated carbocycles. The topological polar surface area (TPSA) is 46.5 Å². The van der Waals surface area contributed by atoms with E-state index >= 15 is 0 Å². The van der Waals surface area contributed by atoms with Crippen molar-refractivity contribution in [2.75, 3.05) is 7.11 Å². The summed E-state index contributed by atoms with van der Waals surface area (Å²) in [6.45, 7) is 4.39. The van der Waals surface area contributed by atoms with Crippen molar-refractivity contribution in [3.8, 4) is 5.75 Å². The number of hydrogen-bond donors (Lipinski definition) is 1. The van der Waals surface area contributed by atoms with Crippen LogP contribution in [0, 0.1) is 5.92 Å². The molecule has 2 aliphatic rings. The van der Waals surface area contributed by atoms with Crippen LogP contribution in [0.3, 0.4) is 0 Å². The van der Waals surface area contributed by atoms with Gasteiger partial charge in [-0.25, -0.2) is 0 Å². The van der Waals surface area contributed by atoms with Gasteiger partial charge >= 0.3 is 0 Å². The number of aliphatic hydroxyl groups excluding tert-OH is 1. The normalized spacial score (nSPS) is 23.0. The summed E-state index contributed by atoms with van der Waals surface area (Å²) in [7, 11) is 1.72. The van der Waals surface area contributed by atoms with Crippen molar-refractivity contribution in [3.05, 3.63) is 40.5 Å². The van der Waals surface area contributed by atoms with E-state index in [1.165, 1.54) is 29.5 Å². The van der Waals surface area contributed by atoms with Crippen LogP contribution in [0.15, 0.2) is 29.3 Å². The summed E-state index contributed by atoms with van der Waals surface area (Å²) in [5.74, 6) is 1.82. The summed E-state index contributed by atoms with van der Waals surface area (Å²) >= 11 is 0. The number of unbranched alkanes of at least 4 members (excludes halogenated alkanes) is 2. The number of carbonyl (C=O) groups excluding carboxylic acids is 1. The van der Waals surface area contributed by atoms with Crippen LogP contribution >= 0.6 is 0 Å². The Morgan fingerprint density at radius 3 is 2.77 bits per heavy atom. The molecule has 2 aliphatic carbocycles. The fourth-order valence-corrected chi connectivity index (χ4v) is 4.84. The van der Waals surface area contributed by atoms with Gasteiger partial charge in [0, 0.05) is 12.3 Å². The van der Waals surface area contributed by atoms with Crippen molar-refractivity contribution >= 4 is 5.78 Å². The Bertz CT molecular complexity index is 689. The van der Waals surface area contributed by atoms with Crippen molar-refractivity contribution < 1.29 is 14.6 Å². The maximum atomic E-state index is 12.7. The van der Waals surface area contributed by atoms with Crippen LogP contribution in [-0.4, -0.2) is 24.1 Å². The first-order valence-corrected chi connectivity index (χ1v) is 10.2. The molecule has 142 valence electrons. The summed E-state index contributed by atoms with van der Waals surface area (Å²) in [4.78, 5) is 12.7. The molecule has 0 heterocycles. The van der Waals surface area contributed by atoms with E-state index in [0.717, 1.165) is 37.0 Å². The van der Waals surface area contributed by atoms with Crippen molar-refractivity contribution in [1.82, 2.24) is 0 Å². The maximum absolute atomic E-state index is 12.7. The molecule has 0 aliphatic heterocycles. The standard InChI is InChI=1S/C23H32O3/c1-4-5-6-8-17(24)11-12-19-21(25)14-16-13-20-18(15(2)23(16)19)9-7-10-22(20)26-3/h7,9-10,15-17,24H,4-6,8,11-14H2,1-3H3/t15-,16+,17+/m1/s1. The minimum Gasteiger partial charge on any atom is -0.496 e. The minimum absolute atomic E-state index is 0.262. The number of fused-ring (bicyclic) bond motifs is 2. The van der Waals surface area contributed by atoms with E-state index in [-0.39, 0.29) is 12.0 Å². The lowest BCUT2D eigenvalue weighted by Crippen LogP contribution is -2.19. The van der Waals surface area contributed by atoms with Gasteiger partial charge in [0.1, 0.15) is 5.75 Å². The van der Waals surface area contributed by atoms with Crippen molar-refractivity contribution in [2.45, 2.75) is 77.2 Å². The molecule has 0 unspecified atom stereocenters. The van der Waals surface area contributed by atoms with Crippen LogP contribution in [0.5, 0.6) is 5.75 Å². The van der Waals surface area contributed by atoms with Crippen molar-refractivity contribution in [1.29, 1.82) is 0 Å². The molecule has 26 heavy (non-hydrogen) atoms. The number of Topliss-reactive ketones (excluding diaryl/α,β-unsaturated/α-hetero) is 1. The predicted molar refractivity (Wildman–Crippen MR) is 105 cm³/mol. The highest BCUT2D eigenvalue weighted by Gasteiger charge is 2.39. The van der Waals surface area contributed by atoms with Gasteiger partial charge in [0.05, 0.1) is 13.2 Å². The van der Waals surface area contributed by atoms with E-state index < -0.39 is 0 Å². The largest absolute Gasteiger partial charge is 0.496 e. The first-order valence-electron chi connectivity index (χ1n) is 10.2. The molecule has 3 heteroatoms. The van der Waals surface area contributed by atoms with Gasteiger partial charge in [-0.05, 0) is 54.4 Å². The van der Waals surface area contributed by atoms with Crippen molar-refractivity contribution in [2.24, 2.45) is 5.92 Å². The first-order chi connectivity index (χ1) is 12.6. The third-order valence-corrected chi connectivity index (χ3v) is 6.20. The van der Waals surface area contributed by atoms with E-state index in [1.807, 2.05) is 12.1 Å². The van der Waals surface area contributed by atoms with E-state index in [0.29, 0.717) is 24.5 Å². The second kappa shape index (κ2) is 8.39. The summed E-state index contributed by atoms with van der Waals surface area (Å²) < 4.78 is 5.55. The van der Waals surface area contributed by atoms with Crippen LogP contribution in [0.2, 0.25) is 0 Å².